The van der Waals surface area contributed by atoms with Crippen molar-refractivity contribution in [3.8, 4) is 0 Å². The molecular formula is C20H22N2O2. The van der Waals surface area contributed by atoms with Gasteiger partial charge in [-0.2, -0.15) is 0 Å². The third-order valence-electron chi connectivity index (χ3n) is 4.43. The first-order valence-corrected chi connectivity index (χ1v) is 8.35. The number of rotatable bonds is 4. The number of carbonyl (C=O) groups excluding carboxylic acids is 2. The Labute approximate surface area is 142 Å². The van der Waals surface area contributed by atoms with Gasteiger partial charge in [-0.15, -0.1) is 0 Å². The van der Waals surface area contributed by atoms with Crippen LogP contribution in [0.4, 0.5) is 0 Å². The van der Waals surface area contributed by atoms with Gasteiger partial charge in [0.1, 0.15) is 0 Å². The van der Waals surface area contributed by atoms with E-state index in [0.717, 1.165) is 24.8 Å². The van der Waals surface area contributed by atoms with Crippen molar-refractivity contribution >= 4 is 11.8 Å². The second-order valence-corrected chi connectivity index (χ2v) is 6.22. The summed E-state index contributed by atoms with van der Waals surface area (Å²) in [6, 6.07) is 15.8. The van der Waals surface area contributed by atoms with Gasteiger partial charge in [0, 0.05) is 19.0 Å². The Hall–Kier alpha value is -2.62. The van der Waals surface area contributed by atoms with Crippen LogP contribution in [-0.4, -0.2) is 11.8 Å². The Bertz CT molecular complexity index is 738. The molecule has 0 heterocycles. The molecule has 4 heteroatoms. The highest BCUT2D eigenvalue weighted by Gasteiger charge is 2.21. The van der Waals surface area contributed by atoms with Crippen LogP contribution in [0.1, 0.15) is 52.9 Å². The van der Waals surface area contributed by atoms with Gasteiger partial charge in [0.2, 0.25) is 5.91 Å². The molecule has 1 atom stereocenters. The van der Waals surface area contributed by atoms with Gasteiger partial charge >= 0.3 is 0 Å². The first kappa shape index (κ1) is 16.2. The molecule has 0 aromatic heterocycles. The summed E-state index contributed by atoms with van der Waals surface area (Å²) in [5, 5.41) is 5.90. The number of fused-ring (bicyclic) bond motifs is 1. The highest BCUT2D eigenvalue weighted by Crippen LogP contribution is 2.29. The SMILES string of the molecule is CC(=O)NCc1ccc(C(=O)NC2CCCc3ccccc32)cc1. The summed E-state index contributed by atoms with van der Waals surface area (Å²) < 4.78 is 0. The summed E-state index contributed by atoms with van der Waals surface area (Å²) in [5.74, 6) is -0.115. The molecule has 2 N–H and O–H groups in total. The fourth-order valence-electron chi connectivity index (χ4n) is 3.15. The molecule has 2 amide bonds. The number of carbonyl (C=O) groups is 2. The van der Waals surface area contributed by atoms with Gasteiger partial charge < -0.3 is 10.6 Å². The zero-order chi connectivity index (χ0) is 16.9. The van der Waals surface area contributed by atoms with Crippen LogP contribution < -0.4 is 10.6 Å². The summed E-state index contributed by atoms with van der Waals surface area (Å²) in [6.45, 7) is 1.97. The number of amides is 2. The zero-order valence-corrected chi connectivity index (χ0v) is 13.8. The topological polar surface area (TPSA) is 58.2 Å². The quantitative estimate of drug-likeness (QED) is 0.908. The largest absolute Gasteiger partial charge is 0.352 e. The van der Waals surface area contributed by atoms with E-state index in [9.17, 15) is 9.59 Å². The third-order valence-corrected chi connectivity index (χ3v) is 4.43. The zero-order valence-electron chi connectivity index (χ0n) is 13.8. The predicted octanol–water partition coefficient (Wildman–Crippen LogP) is 3.13. The maximum Gasteiger partial charge on any atom is 0.251 e. The molecule has 2 aromatic carbocycles. The number of hydrogen-bond donors (Lipinski definition) is 2. The molecule has 1 aliphatic carbocycles. The lowest BCUT2D eigenvalue weighted by Gasteiger charge is -2.26. The summed E-state index contributed by atoms with van der Waals surface area (Å²) in [6.07, 6.45) is 3.15. The molecule has 0 fully saturated rings. The Morgan fingerprint density at radius 3 is 2.58 bits per heavy atom. The summed E-state index contributed by atoms with van der Waals surface area (Å²) in [7, 11) is 0. The van der Waals surface area contributed by atoms with Crippen LogP contribution in [-0.2, 0) is 17.8 Å². The Morgan fingerprint density at radius 2 is 1.83 bits per heavy atom. The van der Waals surface area contributed by atoms with Crippen molar-refractivity contribution in [2.45, 2.75) is 38.8 Å². The minimum atomic E-state index is -0.0622. The van der Waals surface area contributed by atoms with Gasteiger partial charge in [-0.05, 0) is 48.1 Å². The highest BCUT2D eigenvalue weighted by molar-refractivity contribution is 5.94. The van der Waals surface area contributed by atoms with Gasteiger partial charge in [0.15, 0.2) is 0 Å². The van der Waals surface area contributed by atoms with Crippen molar-refractivity contribution in [3.05, 3.63) is 70.8 Å². The lowest BCUT2D eigenvalue weighted by molar-refractivity contribution is -0.119. The lowest BCUT2D eigenvalue weighted by Crippen LogP contribution is -2.31. The molecule has 1 unspecified atom stereocenters. The normalized spacial score (nSPS) is 16.1. The van der Waals surface area contributed by atoms with Crippen molar-refractivity contribution in [2.24, 2.45) is 0 Å². The van der Waals surface area contributed by atoms with Crippen LogP contribution >= 0.6 is 0 Å². The standard InChI is InChI=1S/C20H22N2O2/c1-14(23)21-13-15-9-11-17(12-10-15)20(24)22-19-8-4-6-16-5-2-3-7-18(16)19/h2-3,5,7,9-12,19H,4,6,8,13H2,1H3,(H,21,23)(H,22,24). The van der Waals surface area contributed by atoms with Crippen molar-refractivity contribution in [3.63, 3.8) is 0 Å². The molecule has 24 heavy (non-hydrogen) atoms. The van der Waals surface area contributed by atoms with E-state index in [1.165, 1.54) is 18.1 Å². The van der Waals surface area contributed by atoms with Gasteiger partial charge in [0.05, 0.1) is 6.04 Å². The maximum atomic E-state index is 12.5. The summed E-state index contributed by atoms with van der Waals surface area (Å²) in [4.78, 5) is 23.5. The van der Waals surface area contributed by atoms with Gasteiger partial charge in [-0.25, -0.2) is 0 Å². The van der Waals surface area contributed by atoms with Crippen LogP contribution in [0, 0.1) is 0 Å². The number of aryl methyl sites for hydroxylation is 1. The number of nitrogens with one attached hydrogen (secondary N) is 2. The van der Waals surface area contributed by atoms with Crippen LogP contribution in [0.5, 0.6) is 0 Å². The number of hydrogen-bond acceptors (Lipinski definition) is 2. The van der Waals surface area contributed by atoms with E-state index in [1.807, 2.05) is 18.2 Å². The molecule has 0 saturated carbocycles. The van der Waals surface area contributed by atoms with E-state index < -0.39 is 0 Å². The van der Waals surface area contributed by atoms with Crippen molar-refractivity contribution in [2.75, 3.05) is 0 Å². The molecule has 0 saturated heterocycles. The molecule has 2 aromatic rings. The average Bonchev–Trinajstić information content (AvgIpc) is 2.60. The Morgan fingerprint density at radius 1 is 1.08 bits per heavy atom. The first-order chi connectivity index (χ1) is 11.6. The fourth-order valence-corrected chi connectivity index (χ4v) is 3.15. The minimum Gasteiger partial charge on any atom is -0.352 e. The minimum absolute atomic E-state index is 0.0530. The molecule has 3 rings (SSSR count). The van der Waals surface area contributed by atoms with E-state index in [2.05, 4.69) is 28.8 Å². The Balaban J connectivity index is 1.66. The van der Waals surface area contributed by atoms with Crippen molar-refractivity contribution in [1.29, 1.82) is 0 Å². The predicted molar refractivity (Wildman–Crippen MR) is 93.5 cm³/mol. The van der Waals surface area contributed by atoms with Crippen LogP contribution in [0.3, 0.4) is 0 Å². The van der Waals surface area contributed by atoms with Crippen LogP contribution in [0.2, 0.25) is 0 Å². The van der Waals surface area contributed by atoms with E-state index in [0.29, 0.717) is 12.1 Å². The Kier molecular flexibility index (Phi) is 4.94. The molecule has 0 bridgehead atoms. The highest BCUT2D eigenvalue weighted by atomic mass is 16.2. The molecule has 0 aliphatic heterocycles. The fraction of sp³-hybridized carbons (Fsp3) is 0.300. The van der Waals surface area contributed by atoms with Gasteiger partial charge in [-0.1, -0.05) is 36.4 Å². The molecule has 124 valence electrons. The maximum absolute atomic E-state index is 12.5. The van der Waals surface area contributed by atoms with E-state index in [4.69, 9.17) is 0 Å². The van der Waals surface area contributed by atoms with Crippen LogP contribution in [0.25, 0.3) is 0 Å². The van der Waals surface area contributed by atoms with E-state index in [-0.39, 0.29) is 17.9 Å². The average molecular weight is 322 g/mol. The van der Waals surface area contributed by atoms with Gasteiger partial charge in [0.25, 0.3) is 5.91 Å². The van der Waals surface area contributed by atoms with E-state index >= 15 is 0 Å². The molecule has 0 radical (unpaired) electrons. The van der Waals surface area contributed by atoms with Crippen LogP contribution in [0.15, 0.2) is 48.5 Å². The monoisotopic (exact) mass is 322 g/mol. The molecule has 0 spiro atoms. The molecular weight excluding hydrogens is 300 g/mol. The van der Waals surface area contributed by atoms with Gasteiger partial charge in [-0.3, -0.25) is 9.59 Å². The molecule has 4 nitrogen and oxygen atoms in total. The second kappa shape index (κ2) is 7.30. The first-order valence-electron chi connectivity index (χ1n) is 8.35. The molecule has 1 aliphatic rings. The van der Waals surface area contributed by atoms with Crippen molar-refractivity contribution < 1.29 is 9.59 Å². The smallest absolute Gasteiger partial charge is 0.251 e. The lowest BCUT2D eigenvalue weighted by atomic mass is 9.87. The van der Waals surface area contributed by atoms with Crippen molar-refractivity contribution in [1.82, 2.24) is 10.6 Å². The second-order valence-electron chi connectivity index (χ2n) is 6.22. The summed E-state index contributed by atoms with van der Waals surface area (Å²) >= 11 is 0. The van der Waals surface area contributed by atoms with E-state index in [1.54, 1.807) is 12.1 Å². The third kappa shape index (κ3) is 3.82. The number of benzene rings is 2. The summed E-state index contributed by atoms with van der Waals surface area (Å²) in [5.41, 5.74) is 4.19.